The minimum absolute atomic E-state index is 0.0799. The van der Waals surface area contributed by atoms with Gasteiger partial charge in [0.05, 0.1) is 22.6 Å². The zero-order chi connectivity index (χ0) is 15.9. The van der Waals surface area contributed by atoms with Crippen molar-refractivity contribution in [3.05, 3.63) is 75.1 Å². The highest BCUT2D eigenvalue weighted by atomic mass is 19.1. The normalized spacial score (nSPS) is 13.4. The van der Waals surface area contributed by atoms with Gasteiger partial charge in [0.25, 0.3) is 11.8 Å². The first-order valence-electron chi connectivity index (χ1n) is 6.37. The van der Waals surface area contributed by atoms with Gasteiger partial charge in [-0.05, 0) is 12.1 Å². The molecular formula is C15H9FN2O4. The number of hydrogen-bond donors (Lipinski definition) is 0. The number of fused-ring (bicyclic) bond motifs is 1. The van der Waals surface area contributed by atoms with Crippen molar-refractivity contribution in [3.8, 4) is 0 Å². The number of amides is 2. The minimum Gasteiger partial charge on any atom is -0.270 e. The van der Waals surface area contributed by atoms with Crippen LogP contribution in [-0.4, -0.2) is 21.6 Å². The molecule has 7 heteroatoms. The maximum absolute atomic E-state index is 14.1. The summed E-state index contributed by atoms with van der Waals surface area (Å²) in [5.74, 6) is -2.11. The summed E-state index contributed by atoms with van der Waals surface area (Å²) in [7, 11) is 0. The Bertz CT molecular complexity index is 784. The number of rotatable bonds is 3. The van der Waals surface area contributed by atoms with Gasteiger partial charge >= 0.3 is 5.69 Å². The summed E-state index contributed by atoms with van der Waals surface area (Å²) in [5.41, 5.74) is -0.269. The van der Waals surface area contributed by atoms with E-state index in [1.54, 1.807) is 12.1 Å². The Morgan fingerprint density at radius 3 is 2.14 bits per heavy atom. The molecule has 0 saturated carbocycles. The quantitative estimate of drug-likeness (QED) is 0.495. The van der Waals surface area contributed by atoms with Crippen molar-refractivity contribution < 1.29 is 18.9 Å². The van der Waals surface area contributed by atoms with Crippen LogP contribution in [0.1, 0.15) is 26.3 Å². The molecule has 0 fully saturated rings. The Labute approximate surface area is 123 Å². The van der Waals surface area contributed by atoms with E-state index in [1.165, 1.54) is 24.3 Å². The van der Waals surface area contributed by atoms with Gasteiger partial charge in [0.2, 0.25) is 5.82 Å². The molecule has 0 bridgehead atoms. The van der Waals surface area contributed by atoms with Crippen molar-refractivity contribution in [3.63, 3.8) is 0 Å². The summed E-state index contributed by atoms with van der Waals surface area (Å²) in [4.78, 5) is 35.2. The molecule has 2 aromatic rings. The molecule has 6 nitrogen and oxygen atoms in total. The van der Waals surface area contributed by atoms with Crippen molar-refractivity contribution in [1.29, 1.82) is 0 Å². The molecule has 0 spiro atoms. The Morgan fingerprint density at radius 1 is 1.00 bits per heavy atom. The average Bonchev–Trinajstić information content (AvgIpc) is 2.74. The molecule has 110 valence electrons. The molecule has 1 aliphatic rings. The van der Waals surface area contributed by atoms with E-state index in [4.69, 9.17) is 0 Å². The van der Waals surface area contributed by atoms with Crippen LogP contribution in [0.4, 0.5) is 10.1 Å². The van der Waals surface area contributed by atoms with Gasteiger partial charge in [-0.1, -0.05) is 24.3 Å². The van der Waals surface area contributed by atoms with E-state index >= 15 is 0 Å². The molecule has 0 unspecified atom stereocenters. The van der Waals surface area contributed by atoms with E-state index < -0.39 is 28.2 Å². The third-order valence-electron chi connectivity index (χ3n) is 3.46. The number of hydrogen-bond acceptors (Lipinski definition) is 4. The van der Waals surface area contributed by atoms with Crippen LogP contribution in [0, 0.1) is 15.9 Å². The number of halogens is 1. The van der Waals surface area contributed by atoms with E-state index in [0.717, 1.165) is 11.0 Å². The van der Waals surface area contributed by atoms with Gasteiger partial charge in [-0.2, -0.15) is 4.39 Å². The Hall–Kier alpha value is -3.09. The standard InChI is InChI=1S/C15H9FN2O4/c16-13-9(4-3-7-12(13)18(21)22)8-17-14(19)10-5-1-2-6-11(10)15(17)20/h1-7H,8H2. The van der Waals surface area contributed by atoms with Crippen LogP contribution in [0.15, 0.2) is 42.5 Å². The number of nitrogens with zero attached hydrogens (tertiary/aromatic N) is 2. The molecule has 1 aliphatic heterocycles. The molecule has 1 heterocycles. The van der Waals surface area contributed by atoms with Gasteiger partial charge < -0.3 is 0 Å². The highest BCUT2D eigenvalue weighted by Gasteiger charge is 2.35. The molecule has 0 radical (unpaired) electrons. The molecule has 22 heavy (non-hydrogen) atoms. The molecule has 2 amide bonds. The topological polar surface area (TPSA) is 80.5 Å². The second kappa shape index (κ2) is 5.03. The fraction of sp³-hybridized carbons (Fsp3) is 0.0667. The van der Waals surface area contributed by atoms with Crippen LogP contribution >= 0.6 is 0 Å². The zero-order valence-corrected chi connectivity index (χ0v) is 11.2. The van der Waals surface area contributed by atoms with E-state index in [2.05, 4.69) is 0 Å². The van der Waals surface area contributed by atoms with Crippen LogP contribution in [0.25, 0.3) is 0 Å². The molecule has 2 aromatic carbocycles. The minimum atomic E-state index is -1.04. The van der Waals surface area contributed by atoms with E-state index in [0.29, 0.717) is 0 Å². The third kappa shape index (κ3) is 2.03. The van der Waals surface area contributed by atoms with Gasteiger partial charge in [0.15, 0.2) is 0 Å². The summed E-state index contributed by atoms with van der Waals surface area (Å²) >= 11 is 0. The highest BCUT2D eigenvalue weighted by Crippen LogP contribution is 2.27. The van der Waals surface area contributed by atoms with E-state index in [-0.39, 0.29) is 23.2 Å². The van der Waals surface area contributed by atoms with Crippen molar-refractivity contribution >= 4 is 17.5 Å². The van der Waals surface area contributed by atoms with Crippen molar-refractivity contribution in [2.45, 2.75) is 6.54 Å². The van der Waals surface area contributed by atoms with Gasteiger partial charge in [-0.3, -0.25) is 24.6 Å². The molecular weight excluding hydrogens is 291 g/mol. The van der Waals surface area contributed by atoms with Crippen LogP contribution in [-0.2, 0) is 6.54 Å². The average molecular weight is 300 g/mol. The van der Waals surface area contributed by atoms with Gasteiger partial charge in [0, 0.05) is 11.6 Å². The number of nitro groups is 1. The first kappa shape index (κ1) is 13.9. The summed E-state index contributed by atoms with van der Waals surface area (Å²) in [5, 5.41) is 10.7. The summed E-state index contributed by atoms with van der Waals surface area (Å²) in [6, 6.07) is 9.93. The molecule has 0 aromatic heterocycles. The van der Waals surface area contributed by atoms with Crippen LogP contribution in [0.2, 0.25) is 0 Å². The lowest BCUT2D eigenvalue weighted by atomic mass is 10.1. The lowest BCUT2D eigenvalue weighted by molar-refractivity contribution is -0.387. The maximum Gasteiger partial charge on any atom is 0.305 e. The Balaban J connectivity index is 1.96. The lowest BCUT2D eigenvalue weighted by Gasteiger charge is -2.14. The zero-order valence-electron chi connectivity index (χ0n) is 11.2. The number of imide groups is 1. The predicted molar refractivity (Wildman–Crippen MR) is 73.7 cm³/mol. The van der Waals surface area contributed by atoms with Crippen molar-refractivity contribution in [1.82, 2.24) is 4.90 Å². The summed E-state index contributed by atoms with van der Waals surface area (Å²) < 4.78 is 14.1. The van der Waals surface area contributed by atoms with Gasteiger partial charge in [0.1, 0.15) is 0 Å². The second-order valence-corrected chi connectivity index (χ2v) is 4.75. The monoisotopic (exact) mass is 300 g/mol. The Kier molecular flexibility index (Phi) is 3.17. The van der Waals surface area contributed by atoms with Crippen LogP contribution < -0.4 is 0 Å². The van der Waals surface area contributed by atoms with Gasteiger partial charge in [-0.15, -0.1) is 0 Å². The SMILES string of the molecule is O=C1c2ccccc2C(=O)N1Cc1cccc([N+](=O)[O-])c1F. The lowest BCUT2D eigenvalue weighted by Crippen LogP contribution is -2.29. The largest absolute Gasteiger partial charge is 0.305 e. The van der Waals surface area contributed by atoms with E-state index in [1.807, 2.05) is 0 Å². The van der Waals surface area contributed by atoms with Crippen molar-refractivity contribution in [2.24, 2.45) is 0 Å². The maximum atomic E-state index is 14.1. The first-order valence-corrected chi connectivity index (χ1v) is 6.37. The van der Waals surface area contributed by atoms with Crippen molar-refractivity contribution in [2.75, 3.05) is 0 Å². The summed E-state index contributed by atoms with van der Waals surface area (Å²) in [6.45, 7) is -0.347. The highest BCUT2D eigenvalue weighted by molar-refractivity contribution is 6.21. The predicted octanol–water partition coefficient (Wildman–Crippen LogP) is 2.53. The van der Waals surface area contributed by atoms with Crippen LogP contribution in [0.3, 0.4) is 0 Å². The number of benzene rings is 2. The first-order chi connectivity index (χ1) is 10.5. The second-order valence-electron chi connectivity index (χ2n) is 4.75. The smallest absolute Gasteiger partial charge is 0.270 e. The fourth-order valence-corrected chi connectivity index (χ4v) is 2.38. The summed E-state index contributed by atoms with van der Waals surface area (Å²) in [6.07, 6.45) is 0. The van der Waals surface area contributed by atoms with E-state index in [9.17, 15) is 24.1 Å². The fourth-order valence-electron chi connectivity index (χ4n) is 2.38. The molecule has 0 saturated heterocycles. The molecule has 0 aliphatic carbocycles. The van der Waals surface area contributed by atoms with Crippen LogP contribution in [0.5, 0.6) is 0 Å². The van der Waals surface area contributed by atoms with Gasteiger partial charge in [-0.25, -0.2) is 0 Å². The Morgan fingerprint density at radius 2 is 1.59 bits per heavy atom. The third-order valence-corrected chi connectivity index (χ3v) is 3.46. The molecule has 0 atom stereocenters. The number of nitro benzene ring substituents is 1. The molecule has 0 N–H and O–H groups in total. The number of carbonyl (C=O) groups excluding carboxylic acids is 2. The molecule has 3 rings (SSSR count). The number of carbonyl (C=O) groups is 2.